The van der Waals surface area contributed by atoms with E-state index < -0.39 is 0 Å². The van der Waals surface area contributed by atoms with Crippen molar-refractivity contribution >= 4 is 34.0 Å². The second-order valence-electron chi connectivity index (χ2n) is 4.32. The number of nitrogens with two attached hydrogens (primary N) is 1. The summed E-state index contributed by atoms with van der Waals surface area (Å²) in [5.74, 6) is -0.0689. The minimum atomic E-state index is -0.0689. The summed E-state index contributed by atoms with van der Waals surface area (Å²) >= 11 is 4.82. The van der Waals surface area contributed by atoms with Gasteiger partial charge in [-0.25, -0.2) is 0 Å². The highest BCUT2D eigenvalue weighted by molar-refractivity contribution is 7.80. The summed E-state index contributed by atoms with van der Waals surface area (Å²) in [5.41, 5.74) is 6.77. The molecule has 5 heteroatoms. The third kappa shape index (κ3) is 3.06. The highest BCUT2D eigenvalue weighted by atomic mass is 32.1. The molecule has 0 saturated carbocycles. The molecule has 0 aliphatic heterocycles. The van der Waals surface area contributed by atoms with Gasteiger partial charge in [0.25, 0.3) is 5.91 Å². The van der Waals surface area contributed by atoms with Gasteiger partial charge in [0.1, 0.15) is 0 Å². The van der Waals surface area contributed by atoms with Crippen LogP contribution in [0.2, 0.25) is 0 Å². The van der Waals surface area contributed by atoms with Gasteiger partial charge in [0.15, 0.2) is 0 Å². The van der Waals surface area contributed by atoms with Crippen LogP contribution in [-0.2, 0) is 0 Å². The van der Waals surface area contributed by atoms with E-state index in [0.717, 1.165) is 10.9 Å². The number of benzene rings is 1. The Bertz CT molecular complexity index is 622. The van der Waals surface area contributed by atoms with Crippen LogP contribution < -0.4 is 5.73 Å². The Balaban J connectivity index is 2.28. The first kappa shape index (κ1) is 13.4. The molecule has 0 unspecified atom stereocenters. The van der Waals surface area contributed by atoms with Gasteiger partial charge < -0.3 is 10.6 Å². The number of para-hydroxylation sites is 1. The summed E-state index contributed by atoms with van der Waals surface area (Å²) in [4.78, 5) is 18.7. The molecule has 1 amide bonds. The molecule has 1 aromatic heterocycles. The van der Waals surface area contributed by atoms with E-state index in [9.17, 15) is 4.79 Å². The van der Waals surface area contributed by atoms with E-state index in [1.165, 1.54) is 0 Å². The first-order valence-corrected chi connectivity index (χ1v) is 6.38. The van der Waals surface area contributed by atoms with E-state index in [1.807, 2.05) is 24.3 Å². The third-order valence-electron chi connectivity index (χ3n) is 2.90. The lowest BCUT2D eigenvalue weighted by atomic mass is 10.1. The number of hydrogen-bond acceptors (Lipinski definition) is 3. The number of hydrogen-bond donors (Lipinski definition) is 1. The molecule has 0 fully saturated rings. The maximum absolute atomic E-state index is 12.4. The molecule has 4 nitrogen and oxygen atoms in total. The molecule has 2 rings (SSSR count). The summed E-state index contributed by atoms with van der Waals surface area (Å²) in [6, 6.07) is 9.38. The quantitative estimate of drug-likeness (QED) is 0.865. The monoisotopic (exact) mass is 273 g/mol. The van der Waals surface area contributed by atoms with Crippen LogP contribution in [0.25, 0.3) is 10.9 Å². The zero-order valence-corrected chi connectivity index (χ0v) is 11.5. The summed E-state index contributed by atoms with van der Waals surface area (Å²) in [7, 11) is 1.74. The summed E-state index contributed by atoms with van der Waals surface area (Å²) in [6.07, 6.45) is 2.21. The lowest BCUT2D eigenvalue weighted by Crippen LogP contribution is -2.30. The summed E-state index contributed by atoms with van der Waals surface area (Å²) in [6.45, 7) is 0.511. The lowest BCUT2D eigenvalue weighted by molar-refractivity contribution is 0.0800. The molecular weight excluding hydrogens is 258 g/mol. The molecule has 0 radical (unpaired) electrons. The number of pyridine rings is 1. The number of carbonyl (C=O) groups excluding carboxylic acids is 1. The van der Waals surface area contributed by atoms with Gasteiger partial charge in [-0.3, -0.25) is 9.78 Å². The molecule has 0 bridgehead atoms. The van der Waals surface area contributed by atoms with Gasteiger partial charge in [-0.05, 0) is 12.1 Å². The van der Waals surface area contributed by atoms with Crippen LogP contribution >= 0.6 is 12.2 Å². The molecule has 0 atom stereocenters. The predicted molar refractivity (Wildman–Crippen MR) is 80.1 cm³/mol. The van der Waals surface area contributed by atoms with Crippen molar-refractivity contribution in [2.24, 2.45) is 5.73 Å². The second kappa shape index (κ2) is 5.75. The number of aromatic nitrogens is 1. The average Bonchev–Trinajstić information content (AvgIpc) is 2.43. The number of fused-ring (bicyclic) bond motifs is 1. The maximum Gasteiger partial charge on any atom is 0.255 e. The Morgan fingerprint density at radius 3 is 2.84 bits per heavy atom. The van der Waals surface area contributed by atoms with Crippen LogP contribution in [0, 0.1) is 0 Å². The van der Waals surface area contributed by atoms with E-state index in [4.69, 9.17) is 18.0 Å². The molecule has 2 N–H and O–H groups in total. The lowest BCUT2D eigenvalue weighted by Gasteiger charge is -2.17. The predicted octanol–water partition coefficient (Wildman–Crippen LogP) is 1.98. The molecule has 0 aliphatic carbocycles. The Labute approximate surface area is 117 Å². The molecule has 19 heavy (non-hydrogen) atoms. The van der Waals surface area contributed by atoms with Crippen LogP contribution in [0.1, 0.15) is 16.8 Å². The number of thiocarbonyl (C=S) groups is 1. The molecule has 2 aromatic rings. The van der Waals surface area contributed by atoms with Gasteiger partial charge in [-0.1, -0.05) is 30.4 Å². The highest BCUT2D eigenvalue weighted by Crippen LogP contribution is 2.17. The fourth-order valence-corrected chi connectivity index (χ4v) is 1.95. The van der Waals surface area contributed by atoms with Crippen molar-refractivity contribution in [3.8, 4) is 0 Å². The Morgan fingerprint density at radius 2 is 2.11 bits per heavy atom. The zero-order valence-electron chi connectivity index (χ0n) is 10.7. The largest absolute Gasteiger partial charge is 0.393 e. The average molecular weight is 273 g/mol. The van der Waals surface area contributed by atoms with Crippen LogP contribution in [-0.4, -0.2) is 34.4 Å². The number of amides is 1. The minimum absolute atomic E-state index is 0.0689. The van der Waals surface area contributed by atoms with Crippen LogP contribution in [0.4, 0.5) is 0 Å². The highest BCUT2D eigenvalue weighted by Gasteiger charge is 2.15. The molecule has 1 aromatic carbocycles. The van der Waals surface area contributed by atoms with Gasteiger partial charge in [-0.15, -0.1) is 0 Å². The fourth-order valence-electron chi connectivity index (χ4n) is 1.86. The van der Waals surface area contributed by atoms with E-state index in [2.05, 4.69) is 4.98 Å². The molecule has 0 spiro atoms. The maximum atomic E-state index is 12.4. The first-order chi connectivity index (χ1) is 9.09. The van der Waals surface area contributed by atoms with Gasteiger partial charge in [-0.2, -0.15) is 0 Å². The fraction of sp³-hybridized carbons (Fsp3) is 0.214. The van der Waals surface area contributed by atoms with E-state index in [0.29, 0.717) is 23.5 Å². The summed E-state index contributed by atoms with van der Waals surface area (Å²) in [5, 5.41) is 0.955. The van der Waals surface area contributed by atoms with E-state index in [1.54, 1.807) is 24.2 Å². The van der Waals surface area contributed by atoms with Crippen molar-refractivity contribution in [2.75, 3.05) is 13.6 Å². The van der Waals surface area contributed by atoms with Gasteiger partial charge in [0.2, 0.25) is 0 Å². The second-order valence-corrected chi connectivity index (χ2v) is 4.85. The van der Waals surface area contributed by atoms with E-state index in [-0.39, 0.29) is 5.91 Å². The molecule has 0 aliphatic rings. The zero-order chi connectivity index (χ0) is 13.8. The van der Waals surface area contributed by atoms with Gasteiger partial charge >= 0.3 is 0 Å². The normalized spacial score (nSPS) is 10.4. The van der Waals surface area contributed by atoms with Gasteiger partial charge in [0.05, 0.1) is 16.1 Å². The molecule has 0 saturated heterocycles. The van der Waals surface area contributed by atoms with Crippen LogP contribution in [0.5, 0.6) is 0 Å². The Morgan fingerprint density at radius 1 is 1.37 bits per heavy atom. The van der Waals surface area contributed by atoms with Crippen molar-refractivity contribution < 1.29 is 4.79 Å². The van der Waals surface area contributed by atoms with Crippen LogP contribution in [0.3, 0.4) is 0 Å². The number of nitrogens with zero attached hydrogens (tertiary/aromatic N) is 2. The van der Waals surface area contributed by atoms with Gasteiger partial charge in [0, 0.05) is 31.6 Å². The summed E-state index contributed by atoms with van der Waals surface area (Å²) < 4.78 is 0. The Hall–Kier alpha value is -2.01. The molecule has 1 heterocycles. The number of rotatable bonds is 4. The first-order valence-electron chi connectivity index (χ1n) is 5.97. The topological polar surface area (TPSA) is 59.2 Å². The van der Waals surface area contributed by atoms with Crippen molar-refractivity contribution in [3.63, 3.8) is 0 Å². The smallest absolute Gasteiger partial charge is 0.255 e. The molecule has 98 valence electrons. The SMILES string of the molecule is CN(CCC(N)=S)C(=O)c1cccc2cccnc12. The third-order valence-corrected chi connectivity index (χ3v) is 3.11. The van der Waals surface area contributed by atoms with Crippen LogP contribution in [0.15, 0.2) is 36.5 Å². The number of carbonyl (C=O) groups is 1. The van der Waals surface area contributed by atoms with E-state index >= 15 is 0 Å². The van der Waals surface area contributed by atoms with Crippen molar-refractivity contribution in [2.45, 2.75) is 6.42 Å². The minimum Gasteiger partial charge on any atom is -0.393 e. The molecular formula is C14H15N3OS. The van der Waals surface area contributed by atoms with Crippen molar-refractivity contribution in [1.82, 2.24) is 9.88 Å². The van der Waals surface area contributed by atoms with Crippen molar-refractivity contribution in [1.29, 1.82) is 0 Å². The Kier molecular flexibility index (Phi) is 4.06. The standard InChI is InChI=1S/C14H15N3OS/c1-17(9-7-12(15)19)14(18)11-6-2-4-10-5-3-8-16-13(10)11/h2-6,8H,7,9H2,1H3,(H2,15,19). The van der Waals surface area contributed by atoms with Crippen molar-refractivity contribution in [3.05, 3.63) is 42.1 Å².